The van der Waals surface area contributed by atoms with Crippen LogP contribution in [0.5, 0.6) is 0 Å². The van der Waals surface area contributed by atoms with Crippen molar-refractivity contribution in [3.63, 3.8) is 0 Å². The Morgan fingerprint density at radius 3 is 2.45 bits per heavy atom. The van der Waals surface area contributed by atoms with E-state index < -0.39 is 11.9 Å². The summed E-state index contributed by atoms with van der Waals surface area (Å²) in [6.07, 6.45) is 0.544. The molecular formula is C18H17NO3. The fraction of sp³-hybridized carbons (Fsp3) is 0.222. The third kappa shape index (κ3) is 2.37. The largest absolute Gasteiger partial charge is 0.481 e. The van der Waals surface area contributed by atoms with Gasteiger partial charge in [0.05, 0.1) is 12.5 Å². The number of rotatable bonds is 4. The van der Waals surface area contributed by atoms with Crippen molar-refractivity contribution in [3.05, 3.63) is 65.2 Å². The molecule has 0 saturated carbocycles. The molecule has 1 aliphatic rings. The lowest BCUT2D eigenvalue weighted by Gasteiger charge is -2.17. The molecule has 4 heteroatoms. The van der Waals surface area contributed by atoms with Gasteiger partial charge in [-0.1, -0.05) is 37.3 Å². The van der Waals surface area contributed by atoms with E-state index in [9.17, 15) is 14.7 Å². The van der Waals surface area contributed by atoms with Crippen LogP contribution in [-0.2, 0) is 11.3 Å². The third-order valence-electron chi connectivity index (χ3n) is 4.13. The van der Waals surface area contributed by atoms with Gasteiger partial charge in [0, 0.05) is 11.3 Å². The van der Waals surface area contributed by atoms with E-state index in [4.69, 9.17) is 0 Å². The lowest BCUT2D eigenvalue weighted by atomic mass is 9.96. The normalized spacial score (nSPS) is 14.8. The van der Waals surface area contributed by atoms with Gasteiger partial charge in [-0.15, -0.1) is 0 Å². The Morgan fingerprint density at radius 2 is 1.86 bits per heavy atom. The summed E-state index contributed by atoms with van der Waals surface area (Å²) in [5.74, 6) is -1.32. The number of carbonyl (C=O) groups is 2. The van der Waals surface area contributed by atoms with E-state index in [-0.39, 0.29) is 5.91 Å². The molecule has 1 amide bonds. The maximum atomic E-state index is 12.4. The van der Waals surface area contributed by atoms with Gasteiger partial charge in [0.2, 0.25) is 0 Å². The maximum Gasteiger partial charge on any atom is 0.310 e. The smallest absolute Gasteiger partial charge is 0.310 e. The number of hydrogen-bond donors (Lipinski definition) is 1. The number of amides is 1. The van der Waals surface area contributed by atoms with Gasteiger partial charge in [0.1, 0.15) is 0 Å². The van der Waals surface area contributed by atoms with Crippen molar-refractivity contribution in [1.82, 2.24) is 0 Å². The first-order valence-corrected chi connectivity index (χ1v) is 7.34. The molecule has 1 atom stereocenters. The zero-order chi connectivity index (χ0) is 15.7. The topological polar surface area (TPSA) is 57.6 Å². The molecule has 112 valence electrons. The zero-order valence-corrected chi connectivity index (χ0v) is 12.3. The van der Waals surface area contributed by atoms with Gasteiger partial charge in [-0.3, -0.25) is 9.59 Å². The zero-order valence-electron chi connectivity index (χ0n) is 12.3. The van der Waals surface area contributed by atoms with E-state index in [2.05, 4.69) is 0 Å². The highest BCUT2D eigenvalue weighted by molar-refractivity contribution is 6.09. The van der Waals surface area contributed by atoms with Gasteiger partial charge in [0.15, 0.2) is 0 Å². The highest BCUT2D eigenvalue weighted by atomic mass is 16.4. The molecule has 0 radical (unpaired) electrons. The summed E-state index contributed by atoms with van der Waals surface area (Å²) in [5.41, 5.74) is 3.32. The Bertz CT molecular complexity index is 721. The Hall–Kier alpha value is -2.62. The average Bonchev–Trinajstić information content (AvgIpc) is 2.86. The predicted molar refractivity (Wildman–Crippen MR) is 84.1 cm³/mol. The number of hydrogen-bond acceptors (Lipinski definition) is 2. The van der Waals surface area contributed by atoms with Crippen molar-refractivity contribution in [3.8, 4) is 0 Å². The second-order valence-electron chi connectivity index (χ2n) is 5.44. The number of aliphatic carboxylic acids is 1. The van der Waals surface area contributed by atoms with Gasteiger partial charge >= 0.3 is 5.97 Å². The van der Waals surface area contributed by atoms with E-state index in [0.717, 1.165) is 22.4 Å². The molecule has 1 heterocycles. The van der Waals surface area contributed by atoms with Crippen molar-refractivity contribution in [2.75, 3.05) is 4.90 Å². The van der Waals surface area contributed by atoms with Crippen LogP contribution in [0.3, 0.4) is 0 Å². The van der Waals surface area contributed by atoms with E-state index >= 15 is 0 Å². The fourth-order valence-electron chi connectivity index (χ4n) is 2.90. The summed E-state index contributed by atoms with van der Waals surface area (Å²) in [6.45, 7) is 2.41. The van der Waals surface area contributed by atoms with Crippen LogP contribution in [0.15, 0.2) is 48.5 Å². The first-order valence-electron chi connectivity index (χ1n) is 7.34. The SMILES string of the molecule is CC[C@H](C(=O)O)c1ccc(N2Cc3ccccc3C2=O)cc1. The molecule has 0 unspecified atom stereocenters. The van der Waals surface area contributed by atoms with Crippen LogP contribution in [-0.4, -0.2) is 17.0 Å². The summed E-state index contributed by atoms with van der Waals surface area (Å²) >= 11 is 0. The molecule has 0 spiro atoms. The number of benzene rings is 2. The first kappa shape index (κ1) is 14.3. The second-order valence-corrected chi connectivity index (χ2v) is 5.44. The molecule has 3 rings (SSSR count). The minimum Gasteiger partial charge on any atom is -0.481 e. The molecule has 2 aromatic carbocycles. The Morgan fingerprint density at radius 1 is 1.18 bits per heavy atom. The van der Waals surface area contributed by atoms with Crippen molar-refractivity contribution in [2.24, 2.45) is 0 Å². The van der Waals surface area contributed by atoms with Crippen molar-refractivity contribution in [2.45, 2.75) is 25.8 Å². The summed E-state index contributed by atoms with van der Waals surface area (Å²) in [5, 5.41) is 9.20. The number of nitrogens with zero attached hydrogens (tertiary/aromatic N) is 1. The quantitative estimate of drug-likeness (QED) is 0.940. The molecule has 2 aromatic rings. The number of carboxylic acids is 1. The first-order chi connectivity index (χ1) is 10.6. The molecule has 1 aliphatic heterocycles. The summed E-state index contributed by atoms with van der Waals surface area (Å²) in [6, 6.07) is 14.8. The maximum absolute atomic E-state index is 12.4. The lowest BCUT2D eigenvalue weighted by Crippen LogP contribution is -2.23. The van der Waals surface area contributed by atoms with Gasteiger partial charge < -0.3 is 10.0 Å². The molecule has 0 saturated heterocycles. The third-order valence-corrected chi connectivity index (χ3v) is 4.13. The van der Waals surface area contributed by atoms with Crippen LogP contribution in [0.2, 0.25) is 0 Å². The average molecular weight is 295 g/mol. The van der Waals surface area contributed by atoms with Crippen LogP contribution < -0.4 is 4.90 Å². The van der Waals surface area contributed by atoms with Crippen molar-refractivity contribution in [1.29, 1.82) is 0 Å². The van der Waals surface area contributed by atoms with Crippen LogP contribution in [0, 0.1) is 0 Å². The highest BCUT2D eigenvalue weighted by Gasteiger charge is 2.28. The molecule has 22 heavy (non-hydrogen) atoms. The van der Waals surface area contributed by atoms with E-state index in [1.54, 1.807) is 17.0 Å². The number of fused-ring (bicyclic) bond motifs is 1. The minimum absolute atomic E-state index is 0.00590. The second kappa shape index (κ2) is 5.64. The Labute approximate surface area is 129 Å². The molecule has 0 aromatic heterocycles. The molecule has 0 fully saturated rings. The van der Waals surface area contributed by atoms with E-state index in [1.165, 1.54) is 0 Å². The van der Waals surface area contributed by atoms with E-state index in [0.29, 0.717) is 13.0 Å². The summed E-state index contributed by atoms with van der Waals surface area (Å²) in [7, 11) is 0. The van der Waals surface area contributed by atoms with Crippen LogP contribution in [0.4, 0.5) is 5.69 Å². The van der Waals surface area contributed by atoms with Crippen LogP contribution in [0.1, 0.15) is 40.7 Å². The number of carboxylic acid groups (broad SMARTS) is 1. The number of anilines is 1. The standard InChI is InChI=1S/C18H17NO3/c1-2-15(18(21)22)12-7-9-14(10-8-12)19-11-13-5-3-4-6-16(13)17(19)20/h3-10,15H,2,11H2,1H3,(H,21,22)/t15-/m0/s1. The van der Waals surface area contributed by atoms with Crippen LogP contribution >= 0.6 is 0 Å². The van der Waals surface area contributed by atoms with Gasteiger partial charge in [-0.2, -0.15) is 0 Å². The Kier molecular flexibility index (Phi) is 3.67. The van der Waals surface area contributed by atoms with Gasteiger partial charge in [-0.05, 0) is 35.7 Å². The molecule has 1 N–H and O–H groups in total. The van der Waals surface area contributed by atoms with Crippen LogP contribution in [0.25, 0.3) is 0 Å². The van der Waals surface area contributed by atoms with E-state index in [1.807, 2.05) is 43.3 Å². The van der Waals surface area contributed by atoms with Gasteiger partial charge in [-0.25, -0.2) is 0 Å². The Balaban J connectivity index is 1.86. The summed E-state index contributed by atoms with van der Waals surface area (Å²) in [4.78, 5) is 25.3. The molecule has 0 aliphatic carbocycles. The highest BCUT2D eigenvalue weighted by Crippen LogP contribution is 2.29. The monoisotopic (exact) mass is 295 g/mol. The van der Waals surface area contributed by atoms with Crippen molar-refractivity contribution >= 4 is 17.6 Å². The molecule has 0 bridgehead atoms. The fourth-order valence-corrected chi connectivity index (χ4v) is 2.90. The summed E-state index contributed by atoms with van der Waals surface area (Å²) < 4.78 is 0. The molecular weight excluding hydrogens is 278 g/mol. The minimum atomic E-state index is -0.820. The lowest BCUT2D eigenvalue weighted by molar-refractivity contribution is -0.138. The van der Waals surface area contributed by atoms with Crippen molar-refractivity contribution < 1.29 is 14.7 Å². The van der Waals surface area contributed by atoms with Gasteiger partial charge in [0.25, 0.3) is 5.91 Å². The molecule has 4 nitrogen and oxygen atoms in total. The predicted octanol–water partition coefficient (Wildman–Crippen LogP) is 3.43. The number of carbonyl (C=O) groups excluding carboxylic acids is 1.